The Morgan fingerprint density at radius 2 is 2.07 bits per heavy atom. The van der Waals surface area contributed by atoms with Gasteiger partial charge < -0.3 is 9.64 Å². The van der Waals surface area contributed by atoms with E-state index >= 15 is 0 Å². The minimum atomic E-state index is -0.266. The molecule has 1 aromatic heterocycles. The summed E-state index contributed by atoms with van der Waals surface area (Å²) in [7, 11) is 0. The third-order valence-corrected chi connectivity index (χ3v) is 5.74. The number of carbonyl (C=O) groups is 1. The van der Waals surface area contributed by atoms with Gasteiger partial charge in [0.1, 0.15) is 11.9 Å². The largest absolute Gasteiger partial charge is 0.467 e. The second-order valence-corrected chi connectivity index (χ2v) is 7.95. The lowest BCUT2D eigenvalue weighted by Gasteiger charge is -2.31. The Bertz CT molecular complexity index is 964. The van der Waals surface area contributed by atoms with Crippen LogP contribution in [0.1, 0.15) is 24.0 Å². The van der Waals surface area contributed by atoms with E-state index in [-0.39, 0.29) is 17.8 Å². The quantitative estimate of drug-likeness (QED) is 0.671. The van der Waals surface area contributed by atoms with Crippen LogP contribution in [0.5, 0.6) is 5.19 Å². The lowest BCUT2D eigenvalue weighted by Crippen LogP contribution is -2.42. The number of benzene rings is 2. The summed E-state index contributed by atoms with van der Waals surface area (Å²) in [5.41, 5.74) is 2.98. The number of thiazole rings is 1. The first-order chi connectivity index (χ1) is 13.1. The zero-order chi connectivity index (χ0) is 18.8. The van der Waals surface area contributed by atoms with Crippen LogP contribution in [0.15, 0.2) is 42.5 Å². The highest BCUT2D eigenvalue weighted by Crippen LogP contribution is 2.30. The molecule has 0 radical (unpaired) electrons. The van der Waals surface area contributed by atoms with Crippen LogP contribution in [-0.4, -0.2) is 35.0 Å². The summed E-state index contributed by atoms with van der Waals surface area (Å²) in [5, 5.41) is 0.570. The molecule has 2 heterocycles. The zero-order valence-corrected chi connectivity index (χ0v) is 16.0. The summed E-state index contributed by atoms with van der Waals surface area (Å²) in [5.74, 6) is -0.104. The molecule has 0 spiro atoms. The summed E-state index contributed by atoms with van der Waals surface area (Å²) in [6.07, 6.45) is 2.04. The van der Waals surface area contributed by atoms with Crippen molar-refractivity contribution in [3.8, 4) is 5.19 Å². The van der Waals surface area contributed by atoms with Crippen LogP contribution < -0.4 is 4.74 Å². The van der Waals surface area contributed by atoms with E-state index in [1.807, 2.05) is 30.0 Å². The maximum absolute atomic E-state index is 13.3. The molecule has 1 amide bonds. The third kappa shape index (κ3) is 4.27. The second-order valence-electron chi connectivity index (χ2n) is 6.96. The first kappa shape index (κ1) is 17.9. The van der Waals surface area contributed by atoms with Crippen molar-refractivity contribution in [2.45, 2.75) is 32.3 Å². The van der Waals surface area contributed by atoms with Crippen LogP contribution in [0.3, 0.4) is 0 Å². The number of likely N-dealkylation sites (tertiary alicyclic amines) is 1. The molecule has 27 heavy (non-hydrogen) atoms. The molecule has 2 aromatic carbocycles. The molecule has 1 aliphatic rings. The van der Waals surface area contributed by atoms with Gasteiger partial charge in [-0.25, -0.2) is 9.37 Å². The normalized spacial score (nSPS) is 15.3. The van der Waals surface area contributed by atoms with Crippen molar-refractivity contribution >= 4 is 27.5 Å². The molecule has 0 atom stereocenters. The highest BCUT2D eigenvalue weighted by Gasteiger charge is 2.24. The molecule has 1 fully saturated rings. The van der Waals surface area contributed by atoms with E-state index in [0.717, 1.165) is 28.6 Å². The summed E-state index contributed by atoms with van der Waals surface area (Å²) in [6, 6.07) is 12.6. The van der Waals surface area contributed by atoms with Crippen LogP contribution >= 0.6 is 11.3 Å². The number of ether oxygens (including phenoxy) is 1. The number of rotatable bonds is 4. The molecule has 4 rings (SSSR count). The Morgan fingerprint density at radius 3 is 2.85 bits per heavy atom. The monoisotopic (exact) mass is 384 g/mol. The molecule has 0 saturated carbocycles. The van der Waals surface area contributed by atoms with E-state index in [1.165, 1.54) is 29.0 Å². The van der Waals surface area contributed by atoms with Gasteiger partial charge in [-0.15, -0.1) is 0 Å². The summed E-state index contributed by atoms with van der Waals surface area (Å²) < 4.78 is 20.1. The van der Waals surface area contributed by atoms with Gasteiger partial charge in [-0.1, -0.05) is 41.2 Å². The van der Waals surface area contributed by atoms with E-state index in [4.69, 9.17) is 4.74 Å². The molecule has 4 nitrogen and oxygen atoms in total. The maximum Gasteiger partial charge on any atom is 0.274 e. The smallest absolute Gasteiger partial charge is 0.274 e. The number of carbonyl (C=O) groups excluding carboxylic acids is 1. The predicted octanol–water partition coefficient (Wildman–Crippen LogP) is 4.36. The fourth-order valence-electron chi connectivity index (χ4n) is 3.40. The lowest BCUT2D eigenvalue weighted by atomic mass is 10.0. The predicted molar refractivity (Wildman–Crippen MR) is 105 cm³/mol. The minimum absolute atomic E-state index is 0.0402. The highest BCUT2D eigenvalue weighted by molar-refractivity contribution is 7.20. The minimum Gasteiger partial charge on any atom is -0.467 e. The number of hydrogen-bond acceptors (Lipinski definition) is 4. The highest BCUT2D eigenvalue weighted by atomic mass is 32.1. The van der Waals surface area contributed by atoms with E-state index in [2.05, 4.69) is 11.1 Å². The fourth-order valence-corrected chi connectivity index (χ4v) is 4.31. The van der Waals surface area contributed by atoms with Gasteiger partial charge in [-0.2, -0.15) is 0 Å². The number of halogens is 1. The summed E-state index contributed by atoms with van der Waals surface area (Å²) >= 11 is 1.36. The van der Waals surface area contributed by atoms with Crippen molar-refractivity contribution in [2.24, 2.45) is 0 Å². The van der Waals surface area contributed by atoms with Gasteiger partial charge in [-0.3, -0.25) is 4.79 Å². The van der Waals surface area contributed by atoms with E-state index in [0.29, 0.717) is 24.7 Å². The van der Waals surface area contributed by atoms with Gasteiger partial charge in [-0.05, 0) is 30.7 Å². The van der Waals surface area contributed by atoms with Crippen molar-refractivity contribution in [1.29, 1.82) is 0 Å². The maximum atomic E-state index is 13.3. The summed E-state index contributed by atoms with van der Waals surface area (Å²) in [6.45, 7) is 3.41. The van der Waals surface area contributed by atoms with Gasteiger partial charge in [0.25, 0.3) is 5.19 Å². The molecule has 1 aliphatic heterocycles. The average molecular weight is 384 g/mol. The van der Waals surface area contributed by atoms with Crippen LogP contribution in [-0.2, 0) is 11.2 Å². The van der Waals surface area contributed by atoms with Gasteiger partial charge in [0.15, 0.2) is 0 Å². The average Bonchev–Trinajstić information content (AvgIpc) is 3.03. The molecule has 3 aromatic rings. The molecular weight excluding hydrogens is 363 g/mol. The molecular formula is C21H21FN2O2S. The lowest BCUT2D eigenvalue weighted by molar-refractivity contribution is -0.132. The standard InChI is InChI=1S/C21H21FN2O2S/c1-14-3-2-4-15(11-14)12-20(25)24-9-7-17(8-10-24)26-21-23-18-6-5-16(22)13-19(18)27-21/h2-6,11,13,17H,7-10,12H2,1H3. The van der Waals surface area contributed by atoms with Crippen LogP contribution in [0.2, 0.25) is 0 Å². The number of amides is 1. The summed E-state index contributed by atoms with van der Waals surface area (Å²) in [4.78, 5) is 18.9. The van der Waals surface area contributed by atoms with E-state index in [9.17, 15) is 9.18 Å². The van der Waals surface area contributed by atoms with Crippen molar-refractivity contribution in [3.63, 3.8) is 0 Å². The van der Waals surface area contributed by atoms with Crippen LogP contribution in [0.4, 0.5) is 4.39 Å². The van der Waals surface area contributed by atoms with Crippen molar-refractivity contribution in [3.05, 3.63) is 59.4 Å². The van der Waals surface area contributed by atoms with Crippen LogP contribution in [0, 0.1) is 12.7 Å². The molecule has 6 heteroatoms. The van der Waals surface area contributed by atoms with Gasteiger partial charge in [0.05, 0.1) is 16.6 Å². The molecule has 0 unspecified atom stereocenters. The molecule has 140 valence electrons. The molecule has 0 N–H and O–H groups in total. The van der Waals surface area contributed by atoms with Crippen molar-refractivity contribution in [1.82, 2.24) is 9.88 Å². The van der Waals surface area contributed by atoms with Gasteiger partial charge in [0.2, 0.25) is 5.91 Å². The van der Waals surface area contributed by atoms with E-state index in [1.54, 1.807) is 6.07 Å². The molecule has 0 bridgehead atoms. The second kappa shape index (κ2) is 7.64. The van der Waals surface area contributed by atoms with Gasteiger partial charge >= 0.3 is 0 Å². The number of aromatic nitrogens is 1. The number of fused-ring (bicyclic) bond motifs is 1. The molecule has 1 saturated heterocycles. The Morgan fingerprint density at radius 1 is 1.26 bits per heavy atom. The topological polar surface area (TPSA) is 42.4 Å². The Labute approximate surface area is 161 Å². The Kier molecular flexibility index (Phi) is 5.07. The van der Waals surface area contributed by atoms with Crippen molar-refractivity contribution < 1.29 is 13.9 Å². The molecule has 0 aliphatic carbocycles. The SMILES string of the molecule is Cc1cccc(CC(=O)N2CCC(Oc3nc4ccc(F)cc4s3)CC2)c1. The Balaban J connectivity index is 1.32. The Hall–Kier alpha value is -2.47. The van der Waals surface area contributed by atoms with Gasteiger partial charge in [0, 0.05) is 25.9 Å². The fraction of sp³-hybridized carbons (Fsp3) is 0.333. The number of nitrogens with zero attached hydrogens (tertiary/aromatic N) is 2. The number of aryl methyl sites for hydroxylation is 1. The first-order valence-electron chi connectivity index (χ1n) is 9.13. The van der Waals surface area contributed by atoms with Crippen molar-refractivity contribution in [2.75, 3.05) is 13.1 Å². The third-order valence-electron chi connectivity index (χ3n) is 4.83. The number of hydrogen-bond donors (Lipinski definition) is 0. The zero-order valence-electron chi connectivity index (χ0n) is 15.2. The first-order valence-corrected chi connectivity index (χ1v) is 9.94. The van der Waals surface area contributed by atoms with Crippen LogP contribution in [0.25, 0.3) is 10.2 Å². The van der Waals surface area contributed by atoms with E-state index < -0.39 is 0 Å². The number of piperidine rings is 1.